The van der Waals surface area contributed by atoms with Crippen LogP contribution in [0, 0.1) is 0 Å². The van der Waals surface area contributed by atoms with Crippen LogP contribution in [-0.4, -0.2) is 47.9 Å². The second-order valence-corrected chi connectivity index (χ2v) is 7.75. The summed E-state index contributed by atoms with van der Waals surface area (Å²) >= 11 is 0. The van der Waals surface area contributed by atoms with E-state index in [1.165, 1.54) is 0 Å². The molecule has 0 aliphatic heterocycles. The summed E-state index contributed by atoms with van der Waals surface area (Å²) in [5, 5.41) is 10.4. The average molecular weight is 451 g/mol. The molecule has 0 bridgehead atoms. The Morgan fingerprint density at radius 3 is 2.33 bits per heavy atom. The van der Waals surface area contributed by atoms with Crippen molar-refractivity contribution in [2.45, 2.75) is 39.3 Å². The van der Waals surface area contributed by atoms with Crippen LogP contribution in [0.2, 0.25) is 0 Å². The molecule has 2 N–H and O–H groups in total. The zero-order chi connectivity index (χ0) is 24.0. The van der Waals surface area contributed by atoms with Crippen LogP contribution in [0.1, 0.15) is 37.6 Å². The molecule has 0 spiro atoms. The van der Waals surface area contributed by atoms with Gasteiger partial charge in [-0.05, 0) is 50.6 Å². The predicted octanol–water partition coefficient (Wildman–Crippen LogP) is 3.59. The van der Waals surface area contributed by atoms with Crippen molar-refractivity contribution in [1.29, 1.82) is 0 Å². The summed E-state index contributed by atoms with van der Waals surface area (Å²) in [5.41, 5.74) is 2.30. The molecule has 0 radical (unpaired) electrons. The minimum Gasteiger partial charge on any atom is -0.493 e. The molecule has 2 unspecified atom stereocenters. The third kappa shape index (κ3) is 5.52. The van der Waals surface area contributed by atoms with Crippen molar-refractivity contribution in [3.8, 4) is 28.4 Å². The van der Waals surface area contributed by atoms with Gasteiger partial charge in [0, 0.05) is 17.8 Å². The molecule has 0 saturated carbocycles. The summed E-state index contributed by atoms with van der Waals surface area (Å²) in [5.74, 6) is 0.469. The number of benzene rings is 2. The Morgan fingerprint density at radius 2 is 1.70 bits per heavy atom. The lowest BCUT2D eigenvalue weighted by Gasteiger charge is -2.17. The highest BCUT2D eigenvalue weighted by molar-refractivity contribution is 6.02. The first-order valence-electron chi connectivity index (χ1n) is 10.9. The second kappa shape index (κ2) is 10.7. The van der Waals surface area contributed by atoms with E-state index in [1.807, 2.05) is 50.2 Å². The number of hydrogen-bond donors (Lipinski definition) is 2. The largest absolute Gasteiger partial charge is 0.493 e. The molecule has 2 amide bonds. The Labute approximate surface area is 193 Å². The molecule has 2 aromatic carbocycles. The molecule has 8 heteroatoms. The fraction of sp³-hybridized carbons (Fsp3) is 0.320. The summed E-state index contributed by atoms with van der Waals surface area (Å²) in [6.07, 6.45) is 2.47. The van der Waals surface area contributed by atoms with Gasteiger partial charge in [0.1, 0.15) is 11.7 Å². The van der Waals surface area contributed by atoms with Crippen LogP contribution in [0.15, 0.2) is 54.7 Å². The molecule has 0 saturated heterocycles. The molecule has 33 heavy (non-hydrogen) atoms. The van der Waals surface area contributed by atoms with Crippen LogP contribution in [0.3, 0.4) is 0 Å². The number of ether oxygens (including phenoxy) is 2. The molecule has 3 aromatic rings. The van der Waals surface area contributed by atoms with E-state index in [1.54, 1.807) is 44.2 Å². The number of carbonyl (C=O) groups excluding carboxylic acids is 2. The van der Waals surface area contributed by atoms with Gasteiger partial charge in [0.25, 0.3) is 5.91 Å². The first kappa shape index (κ1) is 23.8. The molecule has 174 valence electrons. The smallest absolute Gasteiger partial charge is 0.255 e. The fourth-order valence-electron chi connectivity index (χ4n) is 3.26. The van der Waals surface area contributed by atoms with Crippen LogP contribution >= 0.6 is 0 Å². The van der Waals surface area contributed by atoms with Crippen molar-refractivity contribution < 1.29 is 19.1 Å². The first-order valence-corrected chi connectivity index (χ1v) is 10.9. The number of methoxy groups -OCH3 is 2. The molecule has 0 aliphatic carbocycles. The number of amides is 2. The lowest BCUT2D eigenvalue weighted by Crippen LogP contribution is -2.47. The number of para-hydroxylation sites is 1. The van der Waals surface area contributed by atoms with Crippen molar-refractivity contribution in [3.05, 3.63) is 60.3 Å². The third-order valence-electron chi connectivity index (χ3n) is 5.38. The average Bonchev–Trinajstić information content (AvgIpc) is 3.29. The van der Waals surface area contributed by atoms with Crippen molar-refractivity contribution >= 4 is 11.8 Å². The van der Waals surface area contributed by atoms with E-state index in [0.29, 0.717) is 28.3 Å². The molecule has 3 rings (SSSR count). The summed E-state index contributed by atoms with van der Waals surface area (Å²) in [6, 6.07) is 14.2. The number of aromatic nitrogens is 2. The van der Waals surface area contributed by atoms with E-state index < -0.39 is 11.9 Å². The van der Waals surface area contributed by atoms with Gasteiger partial charge >= 0.3 is 0 Å². The first-order chi connectivity index (χ1) is 15.9. The number of hydrogen-bond acceptors (Lipinski definition) is 5. The lowest BCUT2D eigenvalue weighted by atomic mass is 10.1. The van der Waals surface area contributed by atoms with E-state index in [-0.39, 0.29) is 11.9 Å². The summed E-state index contributed by atoms with van der Waals surface area (Å²) < 4.78 is 12.4. The molecule has 8 nitrogen and oxygen atoms in total. The van der Waals surface area contributed by atoms with Crippen molar-refractivity contribution in [2.75, 3.05) is 14.2 Å². The van der Waals surface area contributed by atoms with Gasteiger partial charge in [0.2, 0.25) is 5.91 Å². The van der Waals surface area contributed by atoms with E-state index in [4.69, 9.17) is 9.47 Å². The number of nitrogens with one attached hydrogen (secondary N) is 2. The summed E-state index contributed by atoms with van der Waals surface area (Å²) in [6.45, 7) is 5.57. The van der Waals surface area contributed by atoms with Gasteiger partial charge in [0.05, 0.1) is 25.5 Å². The molecular formula is C25H30N4O4. The predicted molar refractivity (Wildman–Crippen MR) is 127 cm³/mol. The van der Waals surface area contributed by atoms with Gasteiger partial charge in [-0.1, -0.05) is 25.1 Å². The highest BCUT2D eigenvalue weighted by atomic mass is 16.5. The Bertz CT molecular complexity index is 1110. The normalized spacial score (nSPS) is 12.5. The van der Waals surface area contributed by atoms with Gasteiger partial charge in [-0.3, -0.25) is 9.59 Å². The van der Waals surface area contributed by atoms with Gasteiger partial charge in [0.15, 0.2) is 11.5 Å². The maximum Gasteiger partial charge on any atom is 0.255 e. The van der Waals surface area contributed by atoms with E-state index >= 15 is 0 Å². The van der Waals surface area contributed by atoms with Gasteiger partial charge in [-0.15, -0.1) is 0 Å². The number of carbonyl (C=O) groups is 2. The lowest BCUT2D eigenvalue weighted by molar-refractivity contribution is -0.123. The van der Waals surface area contributed by atoms with E-state index in [0.717, 1.165) is 12.1 Å². The summed E-state index contributed by atoms with van der Waals surface area (Å²) in [7, 11) is 3.11. The van der Waals surface area contributed by atoms with E-state index in [9.17, 15) is 9.59 Å². The Morgan fingerprint density at radius 1 is 1.00 bits per heavy atom. The molecule has 0 aliphatic rings. The number of rotatable bonds is 9. The van der Waals surface area contributed by atoms with Gasteiger partial charge in [-0.25, -0.2) is 4.68 Å². The van der Waals surface area contributed by atoms with Crippen LogP contribution in [0.4, 0.5) is 0 Å². The zero-order valence-corrected chi connectivity index (χ0v) is 19.6. The van der Waals surface area contributed by atoms with Gasteiger partial charge < -0.3 is 20.1 Å². The standard InChI is InChI=1S/C25H30N4O4/c1-6-16(2)26-24(30)17(3)27-25(31)20-15-29(19-10-8-7-9-11-19)28-23(20)18-12-13-21(32-4)22(14-18)33-5/h7-17H,6H2,1-5H3,(H,26,30)(H,27,31). The van der Waals surface area contributed by atoms with Crippen LogP contribution in [0.5, 0.6) is 11.5 Å². The highest BCUT2D eigenvalue weighted by Crippen LogP contribution is 2.33. The molecule has 2 atom stereocenters. The van der Waals surface area contributed by atoms with Gasteiger partial charge in [-0.2, -0.15) is 5.10 Å². The van der Waals surface area contributed by atoms with Crippen molar-refractivity contribution in [1.82, 2.24) is 20.4 Å². The Kier molecular flexibility index (Phi) is 7.71. The molecule has 1 aromatic heterocycles. The third-order valence-corrected chi connectivity index (χ3v) is 5.38. The molecule has 1 heterocycles. The highest BCUT2D eigenvalue weighted by Gasteiger charge is 2.23. The maximum atomic E-state index is 13.2. The topological polar surface area (TPSA) is 94.5 Å². The SMILES string of the molecule is CCC(C)NC(=O)C(C)NC(=O)c1cn(-c2ccccc2)nc1-c1ccc(OC)c(OC)c1. The minimum atomic E-state index is -0.704. The van der Waals surface area contributed by atoms with Crippen LogP contribution in [0.25, 0.3) is 16.9 Å². The van der Waals surface area contributed by atoms with Crippen LogP contribution in [-0.2, 0) is 4.79 Å². The van der Waals surface area contributed by atoms with Crippen molar-refractivity contribution in [3.63, 3.8) is 0 Å². The van der Waals surface area contributed by atoms with Crippen LogP contribution < -0.4 is 20.1 Å². The molecular weight excluding hydrogens is 420 g/mol. The fourth-order valence-corrected chi connectivity index (χ4v) is 3.26. The Hall–Kier alpha value is -3.81. The quantitative estimate of drug-likeness (QED) is 0.520. The van der Waals surface area contributed by atoms with E-state index in [2.05, 4.69) is 15.7 Å². The monoisotopic (exact) mass is 450 g/mol. The maximum absolute atomic E-state index is 13.2. The molecule has 0 fully saturated rings. The second-order valence-electron chi connectivity index (χ2n) is 7.75. The zero-order valence-electron chi connectivity index (χ0n) is 19.6. The number of nitrogens with zero attached hydrogens (tertiary/aromatic N) is 2. The van der Waals surface area contributed by atoms with Crippen molar-refractivity contribution in [2.24, 2.45) is 0 Å². The summed E-state index contributed by atoms with van der Waals surface area (Å²) in [4.78, 5) is 25.7. The minimum absolute atomic E-state index is 0.0278. The Balaban J connectivity index is 1.98.